The van der Waals surface area contributed by atoms with E-state index in [0.29, 0.717) is 0 Å². The van der Waals surface area contributed by atoms with Crippen LogP contribution in [-0.2, 0) is 12.4 Å². The molecule has 0 aliphatic carbocycles. The molecule has 0 atom stereocenters. The lowest BCUT2D eigenvalue weighted by Gasteiger charge is -2.21. The van der Waals surface area contributed by atoms with E-state index in [4.69, 9.17) is 11.5 Å². The molecular formula is C20H8F12N2O2. The molecule has 0 aliphatic heterocycles. The van der Waals surface area contributed by atoms with E-state index in [0.717, 1.165) is 0 Å². The van der Waals surface area contributed by atoms with E-state index in [9.17, 15) is 52.7 Å². The van der Waals surface area contributed by atoms with E-state index in [-0.39, 0.29) is 24.3 Å². The van der Waals surface area contributed by atoms with Gasteiger partial charge in [-0.05, 0) is 6.07 Å². The molecule has 0 heterocycles. The third-order valence-corrected chi connectivity index (χ3v) is 4.42. The molecule has 0 radical (unpaired) electrons. The van der Waals surface area contributed by atoms with E-state index >= 15 is 0 Å². The Morgan fingerprint density at radius 2 is 1.00 bits per heavy atom. The lowest BCUT2D eigenvalue weighted by Crippen LogP contribution is -2.18. The average molecular weight is 536 g/mol. The number of ether oxygens (including phenoxy) is 2. The normalized spacial score (nSPS) is 12.1. The number of benzene rings is 3. The molecule has 0 unspecified atom stereocenters. The van der Waals surface area contributed by atoms with E-state index in [1.54, 1.807) is 0 Å². The Labute approximate surface area is 191 Å². The van der Waals surface area contributed by atoms with E-state index in [1.165, 1.54) is 0 Å². The zero-order chi connectivity index (χ0) is 27.3. The van der Waals surface area contributed by atoms with Crippen molar-refractivity contribution in [3.8, 4) is 23.0 Å². The van der Waals surface area contributed by atoms with Crippen LogP contribution in [0.2, 0.25) is 0 Å². The molecule has 0 bridgehead atoms. The molecule has 3 aromatic rings. The smallest absolute Gasteiger partial charge is 0.420 e. The van der Waals surface area contributed by atoms with Crippen molar-refractivity contribution >= 4 is 11.4 Å². The number of nitrogen functional groups attached to an aromatic ring is 2. The van der Waals surface area contributed by atoms with E-state index < -0.39 is 92.8 Å². The fourth-order valence-corrected chi connectivity index (χ4v) is 2.83. The second-order valence-electron chi connectivity index (χ2n) is 6.84. The van der Waals surface area contributed by atoms with Gasteiger partial charge in [-0.15, -0.1) is 0 Å². The number of alkyl halides is 6. The van der Waals surface area contributed by atoms with Crippen LogP contribution in [-0.4, -0.2) is 0 Å². The summed E-state index contributed by atoms with van der Waals surface area (Å²) < 4.78 is 173. The van der Waals surface area contributed by atoms with Crippen molar-refractivity contribution in [1.29, 1.82) is 0 Å². The van der Waals surface area contributed by atoms with E-state index in [1.807, 2.05) is 0 Å². The molecule has 0 aromatic heterocycles. The number of hydrogen-bond acceptors (Lipinski definition) is 4. The largest absolute Gasteiger partial charge is 0.451 e. The average Bonchev–Trinajstić information content (AvgIpc) is 2.75. The summed E-state index contributed by atoms with van der Waals surface area (Å²) in [6, 6.07) is -0.585. The minimum Gasteiger partial charge on any atom is -0.451 e. The van der Waals surface area contributed by atoms with Gasteiger partial charge in [0.1, 0.15) is 28.4 Å². The highest BCUT2D eigenvalue weighted by Gasteiger charge is 2.47. The maximum atomic E-state index is 14.2. The highest BCUT2D eigenvalue weighted by Crippen LogP contribution is 2.49. The van der Waals surface area contributed by atoms with Gasteiger partial charge in [-0.25, -0.2) is 26.3 Å². The molecule has 0 aliphatic rings. The Kier molecular flexibility index (Phi) is 6.59. The van der Waals surface area contributed by atoms with Gasteiger partial charge in [0.2, 0.25) is 11.5 Å². The number of hydrogen-bond donors (Lipinski definition) is 2. The highest BCUT2D eigenvalue weighted by atomic mass is 19.4. The van der Waals surface area contributed by atoms with Crippen molar-refractivity contribution in [2.75, 3.05) is 11.5 Å². The van der Waals surface area contributed by atoms with Crippen molar-refractivity contribution in [2.24, 2.45) is 0 Å². The highest BCUT2D eigenvalue weighted by molar-refractivity contribution is 5.56. The van der Waals surface area contributed by atoms with Gasteiger partial charge in [0.05, 0.1) is 5.56 Å². The Balaban J connectivity index is 2.31. The van der Waals surface area contributed by atoms with Crippen molar-refractivity contribution in [1.82, 2.24) is 0 Å². The molecule has 4 N–H and O–H groups in total. The van der Waals surface area contributed by atoms with Gasteiger partial charge >= 0.3 is 12.4 Å². The zero-order valence-corrected chi connectivity index (χ0v) is 16.8. The van der Waals surface area contributed by atoms with Crippen LogP contribution >= 0.6 is 0 Å². The third kappa shape index (κ3) is 4.87. The molecule has 3 aromatic carbocycles. The van der Waals surface area contributed by atoms with Crippen LogP contribution in [0.25, 0.3) is 0 Å². The van der Waals surface area contributed by atoms with Gasteiger partial charge in [-0.2, -0.15) is 26.3 Å². The first-order valence-electron chi connectivity index (χ1n) is 8.97. The molecule has 0 amide bonds. The quantitative estimate of drug-likeness (QED) is 0.271. The summed E-state index contributed by atoms with van der Waals surface area (Å²) in [6.07, 6.45) is -11.7. The summed E-state index contributed by atoms with van der Waals surface area (Å²) in [5, 5.41) is 0. The Morgan fingerprint density at radius 3 is 1.42 bits per heavy atom. The first kappa shape index (κ1) is 26.6. The second kappa shape index (κ2) is 8.91. The predicted octanol–water partition coefficient (Wildman–Crippen LogP) is 7.31. The van der Waals surface area contributed by atoms with Gasteiger partial charge in [-0.3, -0.25) is 0 Å². The number of halogens is 12. The fourth-order valence-electron chi connectivity index (χ4n) is 2.83. The minimum atomic E-state index is -5.89. The monoisotopic (exact) mass is 536 g/mol. The maximum Gasteiger partial charge on any atom is 0.420 e. The summed E-state index contributed by atoms with van der Waals surface area (Å²) in [4.78, 5) is 0. The Bertz CT molecular complexity index is 1350. The van der Waals surface area contributed by atoms with Crippen LogP contribution in [0.3, 0.4) is 0 Å². The van der Waals surface area contributed by atoms with Crippen molar-refractivity contribution < 1.29 is 62.2 Å². The first-order chi connectivity index (χ1) is 16.4. The zero-order valence-electron chi connectivity index (χ0n) is 16.8. The van der Waals surface area contributed by atoms with Crippen molar-refractivity contribution in [3.63, 3.8) is 0 Å². The topological polar surface area (TPSA) is 70.5 Å². The molecule has 194 valence electrons. The SMILES string of the molecule is Nc1c(F)cc(F)c(Oc2cc(Oc3c(F)cc(F)c(N)c3F)c(C(F)(F)F)c(C(F)(F)F)c2)c1F. The summed E-state index contributed by atoms with van der Waals surface area (Å²) >= 11 is 0. The van der Waals surface area contributed by atoms with Crippen LogP contribution in [0.1, 0.15) is 11.1 Å². The first-order valence-corrected chi connectivity index (χ1v) is 8.97. The number of anilines is 2. The molecule has 4 nitrogen and oxygen atoms in total. The third-order valence-electron chi connectivity index (χ3n) is 4.42. The fraction of sp³-hybridized carbons (Fsp3) is 0.100. The maximum absolute atomic E-state index is 14.2. The van der Waals surface area contributed by atoms with Gasteiger partial charge in [0, 0.05) is 18.2 Å². The Hall–Kier alpha value is -3.98. The molecule has 0 fully saturated rings. The van der Waals surface area contributed by atoms with Crippen LogP contribution in [0, 0.1) is 34.9 Å². The predicted molar refractivity (Wildman–Crippen MR) is 98.1 cm³/mol. The summed E-state index contributed by atoms with van der Waals surface area (Å²) in [6.45, 7) is 0. The van der Waals surface area contributed by atoms with Crippen molar-refractivity contribution in [2.45, 2.75) is 12.4 Å². The molecule has 0 saturated heterocycles. The standard InChI is InChI=1S/C20H8F12N2O2/c21-7-3-9(23)17(13(25)15(7)33)35-5-1-6(19(27,28)29)12(20(30,31)32)11(2-5)36-18-10(24)4-8(22)16(34)14(18)26/h1-4H,33-34H2. The number of nitrogens with two attached hydrogens (primary N) is 2. The molecular weight excluding hydrogens is 528 g/mol. The van der Waals surface area contributed by atoms with Gasteiger partial charge in [0.15, 0.2) is 34.9 Å². The second-order valence-corrected chi connectivity index (χ2v) is 6.84. The van der Waals surface area contributed by atoms with Crippen molar-refractivity contribution in [3.05, 3.63) is 70.3 Å². The van der Waals surface area contributed by atoms with Gasteiger partial charge < -0.3 is 20.9 Å². The Morgan fingerprint density at radius 1 is 0.556 bits per heavy atom. The molecule has 36 heavy (non-hydrogen) atoms. The summed E-state index contributed by atoms with van der Waals surface area (Å²) in [7, 11) is 0. The number of rotatable bonds is 4. The van der Waals surface area contributed by atoms with Crippen LogP contribution in [0.5, 0.6) is 23.0 Å². The van der Waals surface area contributed by atoms with Gasteiger partial charge in [-0.1, -0.05) is 0 Å². The van der Waals surface area contributed by atoms with Crippen LogP contribution < -0.4 is 20.9 Å². The molecule has 3 rings (SSSR count). The van der Waals surface area contributed by atoms with Gasteiger partial charge in [0.25, 0.3) is 0 Å². The molecule has 0 spiro atoms. The van der Waals surface area contributed by atoms with Crippen LogP contribution in [0.4, 0.5) is 64.1 Å². The lowest BCUT2D eigenvalue weighted by molar-refractivity contribution is -0.162. The summed E-state index contributed by atoms with van der Waals surface area (Å²) in [5.41, 5.74) is 1.96. The molecule has 0 saturated carbocycles. The molecule has 16 heteroatoms. The van der Waals surface area contributed by atoms with Crippen LogP contribution in [0.15, 0.2) is 24.3 Å². The minimum absolute atomic E-state index is 0.0358. The van der Waals surface area contributed by atoms with E-state index in [2.05, 4.69) is 9.47 Å². The lowest BCUT2D eigenvalue weighted by atomic mass is 10.0. The summed E-state index contributed by atoms with van der Waals surface area (Å²) in [5.74, 6) is -18.1.